The van der Waals surface area contributed by atoms with E-state index < -0.39 is 11.4 Å². The molecule has 2 aliphatic rings. The molecule has 0 aromatic carbocycles. The third kappa shape index (κ3) is 2.61. The van der Waals surface area contributed by atoms with E-state index in [0.717, 1.165) is 19.5 Å². The number of amides is 1. The molecule has 0 aromatic heterocycles. The fraction of sp³-hybridized carbons (Fsp3) is 0.857. The van der Waals surface area contributed by atoms with Gasteiger partial charge >= 0.3 is 5.97 Å². The fourth-order valence-electron chi connectivity index (χ4n) is 3.31. The topological polar surface area (TPSA) is 69.6 Å². The Labute approximate surface area is 114 Å². The highest BCUT2D eigenvalue weighted by Gasteiger charge is 2.44. The van der Waals surface area contributed by atoms with Gasteiger partial charge in [-0.3, -0.25) is 9.59 Å². The molecule has 3 atom stereocenters. The van der Waals surface area contributed by atoms with Crippen molar-refractivity contribution in [3.8, 4) is 0 Å². The average Bonchev–Trinajstić information content (AvgIpc) is 2.84. The van der Waals surface area contributed by atoms with Gasteiger partial charge in [0.05, 0.1) is 11.3 Å². The van der Waals surface area contributed by atoms with Crippen LogP contribution in [0.1, 0.15) is 33.1 Å². The number of aliphatic carboxylic acids is 1. The maximum absolute atomic E-state index is 12.5. The molecule has 2 saturated heterocycles. The zero-order valence-electron chi connectivity index (χ0n) is 11.8. The Morgan fingerprint density at radius 1 is 1.42 bits per heavy atom. The molecule has 1 amide bonds. The van der Waals surface area contributed by atoms with E-state index in [0.29, 0.717) is 31.8 Å². The van der Waals surface area contributed by atoms with Crippen molar-refractivity contribution in [3.63, 3.8) is 0 Å². The van der Waals surface area contributed by atoms with Gasteiger partial charge in [-0.1, -0.05) is 13.8 Å². The predicted molar refractivity (Wildman–Crippen MR) is 71.7 cm³/mol. The first-order chi connectivity index (χ1) is 9.00. The summed E-state index contributed by atoms with van der Waals surface area (Å²) in [6.07, 6.45) is 2.06. The Balaban J connectivity index is 2.08. The lowest BCUT2D eigenvalue weighted by Gasteiger charge is -2.40. The number of likely N-dealkylation sites (tertiary alicyclic amines) is 1. The van der Waals surface area contributed by atoms with Gasteiger partial charge in [-0.15, -0.1) is 0 Å². The molecule has 19 heavy (non-hydrogen) atoms. The Kier molecular flexibility index (Phi) is 4.13. The van der Waals surface area contributed by atoms with Crippen LogP contribution in [0.2, 0.25) is 0 Å². The average molecular weight is 268 g/mol. The van der Waals surface area contributed by atoms with Gasteiger partial charge in [-0.25, -0.2) is 0 Å². The molecule has 0 saturated carbocycles. The molecular formula is C14H24N2O3. The highest BCUT2D eigenvalue weighted by Crippen LogP contribution is 2.34. The summed E-state index contributed by atoms with van der Waals surface area (Å²) in [7, 11) is 0. The number of hydrogen-bond acceptors (Lipinski definition) is 3. The van der Waals surface area contributed by atoms with Crippen LogP contribution in [0, 0.1) is 17.3 Å². The minimum Gasteiger partial charge on any atom is -0.481 e. The molecule has 108 valence electrons. The summed E-state index contributed by atoms with van der Waals surface area (Å²) in [6.45, 7) is 6.67. The van der Waals surface area contributed by atoms with E-state index in [1.807, 2.05) is 6.92 Å². The molecule has 5 heteroatoms. The van der Waals surface area contributed by atoms with Crippen LogP contribution in [-0.2, 0) is 9.59 Å². The van der Waals surface area contributed by atoms with Crippen molar-refractivity contribution in [2.75, 3.05) is 26.2 Å². The maximum Gasteiger partial charge on any atom is 0.311 e. The summed E-state index contributed by atoms with van der Waals surface area (Å²) < 4.78 is 0. The number of carboxylic acid groups (broad SMARTS) is 1. The zero-order chi connectivity index (χ0) is 14.0. The van der Waals surface area contributed by atoms with E-state index in [1.165, 1.54) is 0 Å². The molecule has 2 heterocycles. The molecule has 0 spiro atoms. The summed E-state index contributed by atoms with van der Waals surface area (Å²) in [5.41, 5.74) is -0.733. The second kappa shape index (κ2) is 5.49. The highest BCUT2D eigenvalue weighted by molar-refractivity contribution is 5.82. The lowest BCUT2D eigenvalue weighted by atomic mass is 9.77. The van der Waals surface area contributed by atoms with E-state index >= 15 is 0 Å². The molecule has 2 N–H and O–H groups in total. The van der Waals surface area contributed by atoms with Crippen LogP contribution >= 0.6 is 0 Å². The lowest BCUT2D eigenvalue weighted by Crippen LogP contribution is -2.51. The lowest BCUT2D eigenvalue weighted by molar-refractivity contribution is -0.156. The first-order valence-corrected chi connectivity index (χ1v) is 7.23. The Bertz CT molecular complexity index is 372. The van der Waals surface area contributed by atoms with Crippen molar-refractivity contribution >= 4 is 11.9 Å². The van der Waals surface area contributed by atoms with Crippen LogP contribution in [0.3, 0.4) is 0 Å². The molecule has 1 unspecified atom stereocenters. The van der Waals surface area contributed by atoms with Gasteiger partial charge in [-0.2, -0.15) is 0 Å². The second-order valence-electron chi connectivity index (χ2n) is 6.04. The Hall–Kier alpha value is -1.10. The van der Waals surface area contributed by atoms with E-state index in [1.54, 1.807) is 4.90 Å². The molecule has 0 aromatic rings. The molecule has 0 bridgehead atoms. The number of nitrogens with one attached hydrogen (secondary N) is 1. The van der Waals surface area contributed by atoms with Crippen molar-refractivity contribution in [1.82, 2.24) is 10.2 Å². The van der Waals surface area contributed by atoms with Gasteiger partial charge in [-0.05, 0) is 31.7 Å². The van der Waals surface area contributed by atoms with E-state index in [2.05, 4.69) is 12.2 Å². The standard InChI is InChI=1S/C14H24N2O3/c1-3-14(13(18)19)5-4-6-16(9-14)12(17)11-8-15-7-10(11)2/h10-11,15H,3-9H2,1-2H3,(H,18,19)/t10-,11-,14?/m1/s1. The van der Waals surface area contributed by atoms with Crippen molar-refractivity contribution < 1.29 is 14.7 Å². The first-order valence-electron chi connectivity index (χ1n) is 7.23. The van der Waals surface area contributed by atoms with Crippen LogP contribution in [0.5, 0.6) is 0 Å². The summed E-state index contributed by atoms with van der Waals surface area (Å²) >= 11 is 0. The number of hydrogen-bond donors (Lipinski definition) is 2. The summed E-state index contributed by atoms with van der Waals surface area (Å²) in [6, 6.07) is 0. The molecule has 2 rings (SSSR count). The number of nitrogens with zero attached hydrogens (tertiary/aromatic N) is 1. The van der Waals surface area contributed by atoms with Gasteiger partial charge in [0.15, 0.2) is 0 Å². The Morgan fingerprint density at radius 2 is 2.16 bits per heavy atom. The summed E-state index contributed by atoms with van der Waals surface area (Å²) in [4.78, 5) is 25.8. The quantitative estimate of drug-likeness (QED) is 0.799. The van der Waals surface area contributed by atoms with Crippen molar-refractivity contribution in [2.45, 2.75) is 33.1 Å². The van der Waals surface area contributed by atoms with E-state index in [9.17, 15) is 14.7 Å². The molecule has 0 radical (unpaired) electrons. The van der Waals surface area contributed by atoms with Gasteiger partial charge in [0.1, 0.15) is 0 Å². The maximum atomic E-state index is 12.5. The van der Waals surface area contributed by atoms with Crippen LogP contribution in [0.4, 0.5) is 0 Å². The smallest absolute Gasteiger partial charge is 0.311 e. The normalized spacial score (nSPS) is 35.4. The molecule has 2 aliphatic heterocycles. The monoisotopic (exact) mass is 268 g/mol. The van der Waals surface area contributed by atoms with Crippen molar-refractivity contribution in [3.05, 3.63) is 0 Å². The zero-order valence-corrected chi connectivity index (χ0v) is 11.8. The van der Waals surface area contributed by atoms with Gasteiger partial charge in [0.25, 0.3) is 0 Å². The largest absolute Gasteiger partial charge is 0.481 e. The minimum atomic E-state index is -0.759. The third-order valence-corrected chi connectivity index (χ3v) is 4.85. The van der Waals surface area contributed by atoms with Gasteiger partial charge in [0.2, 0.25) is 5.91 Å². The van der Waals surface area contributed by atoms with E-state index in [-0.39, 0.29) is 11.8 Å². The number of rotatable bonds is 3. The second-order valence-corrected chi connectivity index (χ2v) is 6.04. The minimum absolute atomic E-state index is 0.0152. The van der Waals surface area contributed by atoms with Crippen molar-refractivity contribution in [2.24, 2.45) is 17.3 Å². The number of carboxylic acids is 1. The van der Waals surface area contributed by atoms with Crippen LogP contribution in [0.25, 0.3) is 0 Å². The van der Waals surface area contributed by atoms with Gasteiger partial charge < -0.3 is 15.3 Å². The Morgan fingerprint density at radius 3 is 2.68 bits per heavy atom. The predicted octanol–water partition coefficient (Wildman–Crippen LogP) is 0.945. The third-order valence-electron chi connectivity index (χ3n) is 4.85. The van der Waals surface area contributed by atoms with E-state index in [4.69, 9.17) is 0 Å². The summed E-state index contributed by atoms with van der Waals surface area (Å²) in [5.74, 6) is -0.266. The molecular weight excluding hydrogens is 244 g/mol. The van der Waals surface area contributed by atoms with Crippen LogP contribution in [0.15, 0.2) is 0 Å². The van der Waals surface area contributed by atoms with Crippen LogP contribution < -0.4 is 5.32 Å². The molecule has 5 nitrogen and oxygen atoms in total. The number of carbonyl (C=O) groups is 2. The summed E-state index contributed by atoms with van der Waals surface area (Å²) in [5, 5.41) is 12.7. The fourth-order valence-corrected chi connectivity index (χ4v) is 3.31. The highest BCUT2D eigenvalue weighted by atomic mass is 16.4. The van der Waals surface area contributed by atoms with Crippen molar-refractivity contribution in [1.29, 1.82) is 0 Å². The SMILES string of the molecule is CCC1(C(=O)O)CCCN(C(=O)[C@@H]2CNC[C@H]2C)C1. The molecule has 0 aliphatic carbocycles. The van der Waals surface area contributed by atoms with Crippen LogP contribution in [-0.4, -0.2) is 48.1 Å². The first kappa shape index (κ1) is 14.3. The number of piperidine rings is 1. The molecule has 2 fully saturated rings. The number of carbonyl (C=O) groups excluding carboxylic acids is 1. The van der Waals surface area contributed by atoms with Gasteiger partial charge in [0, 0.05) is 19.6 Å².